The standard InChI is InChI=1S/C14H22O.C2H6O/c1-14(7-15)6-10-5-11(14)13-9-3-2-8(4-9)12(10)13;1-2-3/h8-13,15H,2-7H2,1H3;3H,2H2,1H3. The molecule has 2 N–H and O–H groups in total. The first-order valence-electron chi connectivity index (χ1n) is 7.86. The zero-order valence-electron chi connectivity index (χ0n) is 11.8. The van der Waals surface area contributed by atoms with Crippen LogP contribution in [0.1, 0.15) is 46.0 Å². The molecule has 4 saturated carbocycles. The Balaban J connectivity index is 0.000000307. The molecule has 4 rings (SSSR count). The summed E-state index contributed by atoms with van der Waals surface area (Å²) in [6.45, 7) is 4.72. The summed E-state index contributed by atoms with van der Waals surface area (Å²) in [5.41, 5.74) is 0.302. The van der Waals surface area contributed by atoms with Gasteiger partial charge in [-0.1, -0.05) is 6.92 Å². The highest BCUT2D eigenvalue weighted by Gasteiger charge is 2.65. The van der Waals surface area contributed by atoms with Crippen molar-refractivity contribution in [3.05, 3.63) is 0 Å². The molecular weight excluding hydrogens is 224 g/mol. The van der Waals surface area contributed by atoms with E-state index in [2.05, 4.69) is 6.92 Å². The molecule has 0 saturated heterocycles. The summed E-state index contributed by atoms with van der Waals surface area (Å²) in [6, 6.07) is 0. The van der Waals surface area contributed by atoms with E-state index in [0.29, 0.717) is 12.0 Å². The van der Waals surface area contributed by atoms with Gasteiger partial charge in [0.15, 0.2) is 0 Å². The molecule has 4 aliphatic carbocycles. The molecule has 4 bridgehead atoms. The van der Waals surface area contributed by atoms with E-state index < -0.39 is 0 Å². The molecule has 4 fully saturated rings. The van der Waals surface area contributed by atoms with Crippen LogP contribution < -0.4 is 0 Å². The predicted molar refractivity (Wildman–Crippen MR) is 72.0 cm³/mol. The largest absolute Gasteiger partial charge is 0.397 e. The molecule has 2 nitrogen and oxygen atoms in total. The van der Waals surface area contributed by atoms with Crippen molar-refractivity contribution < 1.29 is 10.2 Å². The van der Waals surface area contributed by atoms with E-state index in [1.807, 2.05) is 0 Å². The van der Waals surface area contributed by atoms with Crippen molar-refractivity contribution in [2.75, 3.05) is 13.2 Å². The van der Waals surface area contributed by atoms with Gasteiger partial charge in [-0.15, -0.1) is 0 Å². The molecule has 18 heavy (non-hydrogen) atoms. The van der Waals surface area contributed by atoms with Crippen LogP contribution >= 0.6 is 0 Å². The van der Waals surface area contributed by atoms with Crippen molar-refractivity contribution in [2.24, 2.45) is 40.9 Å². The van der Waals surface area contributed by atoms with E-state index in [1.54, 1.807) is 13.3 Å². The first-order chi connectivity index (χ1) is 8.64. The molecule has 0 aromatic carbocycles. The second kappa shape index (κ2) is 4.49. The van der Waals surface area contributed by atoms with Gasteiger partial charge in [-0.2, -0.15) is 0 Å². The lowest BCUT2D eigenvalue weighted by molar-refractivity contribution is 0.00547. The van der Waals surface area contributed by atoms with Crippen LogP contribution in [-0.4, -0.2) is 23.4 Å². The normalized spacial score (nSPS) is 55.3. The monoisotopic (exact) mass is 252 g/mol. The molecule has 7 atom stereocenters. The van der Waals surface area contributed by atoms with Gasteiger partial charge < -0.3 is 10.2 Å². The smallest absolute Gasteiger partial charge is 0.0487 e. The summed E-state index contributed by atoms with van der Waals surface area (Å²) >= 11 is 0. The number of hydrogen-bond donors (Lipinski definition) is 2. The topological polar surface area (TPSA) is 40.5 Å². The summed E-state index contributed by atoms with van der Waals surface area (Å²) in [4.78, 5) is 0. The summed E-state index contributed by atoms with van der Waals surface area (Å²) < 4.78 is 0. The number of hydrogen-bond acceptors (Lipinski definition) is 2. The Morgan fingerprint density at radius 2 is 1.61 bits per heavy atom. The van der Waals surface area contributed by atoms with E-state index >= 15 is 0 Å². The van der Waals surface area contributed by atoms with Gasteiger partial charge in [-0.3, -0.25) is 0 Å². The maximum atomic E-state index is 9.64. The highest BCUT2D eigenvalue weighted by Crippen LogP contribution is 2.71. The summed E-state index contributed by atoms with van der Waals surface area (Å²) in [5, 5.41) is 17.2. The summed E-state index contributed by atoms with van der Waals surface area (Å²) in [7, 11) is 0. The third kappa shape index (κ3) is 1.61. The molecule has 2 heteroatoms. The third-order valence-corrected chi connectivity index (χ3v) is 6.60. The third-order valence-electron chi connectivity index (χ3n) is 6.60. The first-order valence-corrected chi connectivity index (χ1v) is 7.86. The van der Waals surface area contributed by atoms with Gasteiger partial charge in [-0.05, 0) is 80.0 Å². The van der Waals surface area contributed by atoms with Crippen LogP contribution in [0.15, 0.2) is 0 Å². The summed E-state index contributed by atoms with van der Waals surface area (Å²) in [6.07, 6.45) is 7.38. The Labute approximate surface area is 111 Å². The van der Waals surface area contributed by atoms with Gasteiger partial charge >= 0.3 is 0 Å². The number of fused-ring (bicyclic) bond motifs is 9. The number of aliphatic hydroxyl groups is 2. The lowest BCUT2D eigenvalue weighted by atomic mass is 9.62. The van der Waals surface area contributed by atoms with Crippen LogP contribution in [-0.2, 0) is 0 Å². The maximum absolute atomic E-state index is 9.64. The fraction of sp³-hybridized carbons (Fsp3) is 1.00. The SMILES string of the molecule is CC1(CO)CC2CC1C1C3CCC(C3)C21.CCO. The van der Waals surface area contributed by atoms with Crippen molar-refractivity contribution in [3.63, 3.8) is 0 Å². The van der Waals surface area contributed by atoms with Crippen LogP contribution in [0, 0.1) is 40.9 Å². The molecule has 0 radical (unpaired) electrons. The van der Waals surface area contributed by atoms with Crippen LogP contribution in [0.5, 0.6) is 0 Å². The Morgan fingerprint density at radius 1 is 1.00 bits per heavy atom. The average Bonchev–Trinajstić information content (AvgIpc) is 3.06. The minimum absolute atomic E-state index is 0.250. The minimum atomic E-state index is 0.250. The van der Waals surface area contributed by atoms with E-state index in [0.717, 1.165) is 35.5 Å². The van der Waals surface area contributed by atoms with Gasteiger partial charge in [0, 0.05) is 13.2 Å². The molecular formula is C16H28O2. The molecule has 0 spiro atoms. The Bertz CT molecular complexity index is 316. The molecule has 104 valence electrons. The van der Waals surface area contributed by atoms with Gasteiger partial charge in [0.2, 0.25) is 0 Å². The van der Waals surface area contributed by atoms with Gasteiger partial charge in [0.25, 0.3) is 0 Å². The minimum Gasteiger partial charge on any atom is -0.397 e. The molecule has 0 amide bonds. The van der Waals surface area contributed by atoms with E-state index in [1.165, 1.54) is 25.7 Å². The predicted octanol–water partition coefficient (Wildman–Crippen LogP) is 2.69. The molecule has 4 aliphatic rings. The highest BCUT2D eigenvalue weighted by molar-refractivity contribution is 5.13. The quantitative estimate of drug-likeness (QED) is 0.704. The fourth-order valence-corrected chi connectivity index (χ4v) is 6.22. The number of aliphatic hydroxyl groups excluding tert-OH is 2. The van der Waals surface area contributed by atoms with Crippen molar-refractivity contribution >= 4 is 0 Å². The average molecular weight is 252 g/mol. The zero-order chi connectivity index (χ0) is 12.9. The Morgan fingerprint density at radius 3 is 2.22 bits per heavy atom. The maximum Gasteiger partial charge on any atom is 0.0487 e. The molecule has 0 aliphatic heterocycles. The van der Waals surface area contributed by atoms with Gasteiger partial charge in [0.05, 0.1) is 0 Å². The van der Waals surface area contributed by atoms with Crippen LogP contribution in [0.3, 0.4) is 0 Å². The van der Waals surface area contributed by atoms with E-state index in [-0.39, 0.29) is 6.61 Å². The van der Waals surface area contributed by atoms with Crippen LogP contribution in [0.25, 0.3) is 0 Å². The van der Waals surface area contributed by atoms with Crippen molar-refractivity contribution in [1.82, 2.24) is 0 Å². The van der Waals surface area contributed by atoms with Crippen LogP contribution in [0.4, 0.5) is 0 Å². The fourth-order valence-electron chi connectivity index (χ4n) is 6.22. The zero-order valence-corrected chi connectivity index (χ0v) is 11.8. The van der Waals surface area contributed by atoms with Gasteiger partial charge in [-0.25, -0.2) is 0 Å². The van der Waals surface area contributed by atoms with E-state index in [9.17, 15) is 5.11 Å². The Kier molecular flexibility index (Phi) is 3.22. The van der Waals surface area contributed by atoms with Crippen molar-refractivity contribution in [3.8, 4) is 0 Å². The lowest BCUT2D eigenvalue weighted by Crippen LogP contribution is -2.40. The van der Waals surface area contributed by atoms with Crippen molar-refractivity contribution in [1.29, 1.82) is 0 Å². The Hall–Kier alpha value is -0.0800. The molecule has 0 heterocycles. The second-order valence-corrected chi connectivity index (χ2v) is 7.42. The van der Waals surface area contributed by atoms with Gasteiger partial charge in [0.1, 0.15) is 0 Å². The molecule has 0 aromatic heterocycles. The lowest BCUT2D eigenvalue weighted by Gasteiger charge is -2.43. The first kappa shape index (κ1) is 12.9. The van der Waals surface area contributed by atoms with Crippen LogP contribution in [0.2, 0.25) is 0 Å². The van der Waals surface area contributed by atoms with Crippen molar-refractivity contribution in [2.45, 2.75) is 46.0 Å². The summed E-state index contributed by atoms with van der Waals surface area (Å²) in [5.74, 6) is 6.15. The molecule has 0 aromatic rings. The number of rotatable bonds is 1. The highest BCUT2D eigenvalue weighted by atomic mass is 16.3. The van der Waals surface area contributed by atoms with E-state index in [4.69, 9.17) is 5.11 Å². The molecule has 7 unspecified atom stereocenters. The second-order valence-electron chi connectivity index (χ2n) is 7.42.